The van der Waals surface area contributed by atoms with Crippen LogP contribution >= 0.6 is 0 Å². The van der Waals surface area contributed by atoms with Crippen molar-refractivity contribution in [3.05, 3.63) is 35.9 Å². The summed E-state index contributed by atoms with van der Waals surface area (Å²) in [4.78, 5) is 4.80. The molecule has 0 aromatic heterocycles. The van der Waals surface area contributed by atoms with Crippen molar-refractivity contribution in [3.63, 3.8) is 0 Å². The monoisotopic (exact) mass is 359 g/mol. The molecule has 0 N–H and O–H groups in total. The van der Waals surface area contributed by atoms with E-state index in [0.717, 1.165) is 11.5 Å². The Morgan fingerprint density at radius 2 is 1.80 bits per heavy atom. The summed E-state index contributed by atoms with van der Waals surface area (Å²) in [5.74, 6) is 0.105. The SMILES string of the molecule is CC(C)(C)[Si](C)(C)O[C@@]12O[C@@H]1[C@@H]1O[C@H]2[C@H]2OC(c3ccccc3)=N[C@@H]12. The second-order valence-corrected chi connectivity index (χ2v) is 13.7. The summed E-state index contributed by atoms with van der Waals surface area (Å²) in [6.07, 6.45) is -0.355. The molecular weight excluding hydrogens is 334 g/mol. The minimum absolute atomic E-state index is 0.00431. The van der Waals surface area contributed by atoms with Crippen LogP contribution in [0.3, 0.4) is 0 Å². The average molecular weight is 359 g/mol. The molecule has 0 unspecified atom stereocenters. The van der Waals surface area contributed by atoms with Gasteiger partial charge in [-0.15, -0.1) is 0 Å². The summed E-state index contributed by atoms with van der Waals surface area (Å²) in [6, 6.07) is 10.1. The van der Waals surface area contributed by atoms with Gasteiger partial charge in [-0.2, -0.15) is 0 Å². The highest BCUT2D eigenvalue weighted by Crippen LogP contribution is 2.62. The predicted molar refractivity (Wildman–Crippen MR) is 96.2 cm³/mol. The molecule has 0 saturated carbocycles. The zero-order chi connectivity index (χ0) is 17.6. The van der Waals surface area contributed by atoms with E-state index >= 15 is 0 Å². The minimum Gasteiger partial charge on any atom is -0.469 e. The Kier molecular flexibility index (Phi) is 3.03. The molecule has 25 heavy (non-hydrogen) atoms. The lowest BCUT2D eigenvalue weighted by Crippen LogP contribution is -2.54. The molecule has 4 aliphatic heterocycles. The van der Waals surface area contributed by atoms with Gasteiger partial charge in [0, 0.05) is 5.56 Å². The van der Waals surface area contributed by atoms with Crippen molar-refractivity contribution in [1.82, 2.24) is 0 Å². The van der Waals surface area contributed by atoms with E-state index in [9.17, 15) is 0 Å². The summed E-state index contributed by atoms with van der Waals surface area (Å²) in [5, 5.41) is 0.127. The third-order valence-electron chi connectivity index (χ3n) is 6.38. The Balaban J connectivity index is 1.39. The molecule has 0 radical (unpaired) electrons. The van der Waals surface area contributed by atoms with Crippen molar-refractivity contribution >= 4 is 14.2 Å². The quantitative estimate of drug-likeness (QED) is 0.615. The van der Waals surface area contributed by atoms with Crippen LogP contribution in [0.1, 0.15) is 26.3 Å². The van der Waals surface area contributed by atoms with Crippen LogP contribution in [0, 0.1) is 0 Å². The van der Waals surface area contributed by atoms with Gasteiger partial charge >= 0.3 is 0 Å². The number of aliphatic imine (C=N–C) groups is 1. The van der Waals surface area contributed by atoms with E-state index in [2.05, 4.69) is 33.9 Å². The number of nitrogens with zero attached hydrogens (tertiary/aromatic N) is 1. The van der Waals surface area contributed by atoms with Crippen LogP contribution in [-0.4, -0.2) is 50.5 Å². The third kappa shape index (κ3) is 2.08. The molecule has 4 aliphatic rings. The lowest BCUT2D eigenvalue weighted by atomic mass is 9.91. The summed E-state index contributed by atoms with van der Waals surface area (Å²) in [5.41, 5.74) is 1.02. The van der Waals surface area contributed by atoms with Crippen LogP contribution in [0.5, 0.6) is 0 Å². The van der Waals surface area contributed by atoms with Gasteiger partial charge in [0.2, 0.25) is 11.7 Å². The summed E-state index contributed by atoms with van der Waals surface area (Å²) in [6.45, 7) is 11.2. The molecule has 5 rings (SSSR count). The van der Waals surface area contributed by atoms with E-state index in [1.165, 1.54) is 0 Å². The molecule has 0 amide bonds. The molecule has 2 bridgehead atoms. The zero-order valence-electron chi connectivity index (χ0n) is 15.4. The Labute approximate surface area is 149 Å². The molecule has 0 spiro atoms. The fourth-order valence-corrected chi connectivity index (χ4v) is 5.33. The maximum absolute atomic E-state index is 6.67. The molecule has 6 heteroatoms. The maximum atomic E-state index is 6.67. The molecular formula is C19H25NO4Si. The fourth-order valence-electron chi connectivity index (χ4n) is 3.95. The first kappa shape index (κ1) is 16.0. The van der Waals surface area contributed by atoms with Gasteiger partial charge in [0.25, 0.3) is 0 Å². The standard InChI is InChI=1S/C19H25NO4Si/c1-18(2,3)25(4,5)24-19-15-13-12(14(21-15)16(19)23-19)20-17(22-13)11-9-7-6-8-10-11/h6-10,12-16H,1-5H3/t12-,13+,14-,15+,16-,19-/m1/s1. The van der Waals surface area contributed by atoms with E-state index in [1.807, 2.05) is 30.3 Å². The first-order valence-electron chi connectivity index (χ1n) is 9.06. The maximum Gasteiger partial charge on any atom is 0.220 e. The van der Waals surface area contributed by atoms with Crippen LogP contribution < -0.4 is 0 Å². The van der Waals surface area contributed by atoms with Gasteiger partial charge in [-0.25, -0.2) is 4.99 Å². The third-order valence-corrected chi connectivity index (χ3v) is 10.8. The van der Waals surface area contributed by atoms with Crippen molar-refractivity contribution in [2.75, 3.05) is 0 Å². The number of ether oxygens (including phenoxy) is 3. The second kappa shape index (κ2) is 4.74. The van der Waals surface area contributed by atoms with E-state index in [4.69, 9.17) is 23.6 Å². The largest absolute Gasteiger partial charge is 0.469 e. The predicted octanol–water partition coefficient (Wildman–Crippen LogP) is 3.10. The van der Waals surface area contributed by atoms with Gasteiger partial charge in [-0.05, 0) is 30.3 Å². The van der Waals surface area contributed by atoms with Crippen molar-refractivity contribution in [2.45, 2.75) is 75.1 Å². The summed E-state index contributed by atoms with van der Waals surface area (Å²) >= 11 is 0. The van der Waals surface area contributed by atoms with Crippen LogP contribution in [-0.2, 0) is 18.6 Å². The Morgan fingerprint density at radius 1 is 1.08 bits per heavy atom. The highest BCUT2D eigenvalue weighted by molar-refractivity contribution is 6.74. The molecule has 6 atom stereocenters. The van der Waals surface area contributed by atoms with Crippen LogP contribution in [0.25, 0.3) is 0 Å². The first-order valence-corrected chi connectivity index (χ1v) is 12.0. The minimum atomic E-state index is -1.96. The van der Waals surface area contributed by atoms with Gasteiger partial charge in [0.1, 0.15) is 18.2 Å². The van der Waals surface area contributed by atoms with E-state index < -0.39 is 14.1 Å². The molecule has 134 valence electrons. The summed E-state index contributed by atoms with van der Waals surface area (Å²) in [7, 11) is -1.96. The number of fused-ring (bicyclic) bond motifs is 8. The van der Waals surface area contributed by atoms with Crippen molar-refractivity contribution in [3.8, 4) is 0 Å². The number of hydrogen-bond acceptors (Lipinski definition) is 5. The van der Waals surface area contributed by atoms with Gasteiger partial charge in [0.15, 0.2) is 20.5 Å². The molecule has 4 heterocycles. The van der Waals surface area contributed by atoms with Gasteiger partial charge < -0.3 is 18.6 Å². The van der Waals surface area contributed by atoms with E-state index in [-0.39, 0.29) is 35.5 Å². The van der Waals surface area contributed by atoms with Crippen molar-refractivity contribution < 1.29 is 18.6 Å². The topological polar surface area (TPSA) is 52.6 Å². The highest BCUT2D eigenvalue weighted by Gasteiger charge is 2.83. The molecule has 3 saturated heterocycles. The smallest absolute Gasteiger partial charge is 0.220 e. The highest BCUT2D eigenvalue weighted by atomic mass is 28.4. The number of hydrogen-bond donors (Lipinski definition) is 0. The van der Waals surface area contributed by atoms with Crippen LogP contribution in [0.4, 0.5) is 0 Å². The molecule has 1 aromatic rings. The second-order valence-electron chi connectivity index (χ2n) is 9.02. The lowest BCUT2D eigenvalue weighted by Gasteiger charge is -2.39. The Hall–Kier alpha value is -1.21. The Morgan fingerprint density at radius 3 is 2.48 bits per heavy atom. The van der Waals surface area contributed by atoms with E-state index in [1.54, 1.807) is 0 Å². The average Bonchev–Trinajstić information content (AvgIpc) is 2.87. The molecule has 1 aromatic carbocycles. The molecule has 5 nitrogen and oxygen atoms in total. The van der Waals surface area contributed by atoms with Gasteiger partial charge in [-0.1, -0.05) is 39.0 Å². The van der Waals surface area contributed by atoms with Crippen molar-refractivity contribution in [2.24, 2.45) is 4.99 Å². The van der Waals surface area contributed by atoms with Gasteiger partial charge in [0.05, 0.1) is 0 Å². The van der Waals surface area contributed by atoms with E-state index in [0.29, 0.717) is 0 Å². The molecule has 3 fully saturated rings. The van der Waals surface area contributed by atoms with Crippen LogP contribution in [0.2, 0.25) is 18.1 Å². The molecule has 0 aliphatic carbocycles. The zero-order valence-corrected chi connectivity index (χ0v) is 16.4. The number of benzene rings is 1. The van der Waals surface area contributed by atoms with Crippen LogP contribution in [0.15, 0.2) is 35.3 Å². The van der Waals surface area contributed by atoms with Gasteiger partial charge in [-0.3, -0.25) is 0 Å². The summed E-state index contributed by atoms with van der Waals surface area (Å²) < 4.78 is 25.1. The first-order chi connectivity index (χ1) is 11.7. The number of epoxide rings is 1. The normalized spacial score (nSPS) is 41.2. The lowest BCUT2D eigenvalue weighted by molar-refractivity contribution is -0.103. The fraction of sp³-hybridized carbons (Fsp3) is 0.632. The van der Waals surface area contributed by atoms with Crippen molar-refractivity contribution in [1.29, 1.82) is 0 Å². The number of rotatable bonds is 3. The Bertz CT molecular complexity index is 744.